The highest BCUT2D eigenvalue weighted by atomic mass is 32.2. The molecule has 3 aromatic rings. The first-order valence-corrected chi connectivity index (χ1v) is 13.6. The fraction of sp³-hybridized carbons (Fsp3) is 0.357. The van der Waals surface area contributed by atoms with Crippen molar-refractivity contribution in [1.29, 1.82) is 0 Å². The molecule has 1 atom stereocenters. The Bertz CT molecular complexity index is 1390. The van der Waals surface area contributed by atoms with Crippen molar-refractivity contribution in [3.8, 4) is 0 Å². The molecule has 3 rings (SSSR count). The molecule has 0 aliphatic carbocycles. The number of benzene rings is 2. The van der Waals surface area contributed by atoms with Gasteiger partial charge in [-0.2, -0.15) is 4.31 Å². The summed E-state index contributed by atoms with van der Waals surface area (Å²) in [5.74, 6) is -1.42. The number of ketones is 1. The van der Waals surface area contributed by atoms with E-state index in [1.807, 2.05) is 13.8 Å². The van der Waals surface area contributed by atoms with Crippen LogP contribution in [0.5, 0.6) is 0 Å². The summed E-state index contributed by atoms with van der Waals surface area (Å²) in [6.07, 6.45) is 0. The van der Waals surface area contributed by atoms with Gasteiger partial charge in [0.15, 0.2) is 5.78 Å². The van der Waals surface area contributed by atoms with Gasteiger partial charge in [0, 0.05) is 24.3 Å². The van der Waals surface area contributed by atoms with Crippen molar-refractivity contribution in [1.82, 2.24) is 8.87 Å². The fourth-order valence-electron chi connectivity index (χ4n) is 4.50. The molecule has 0 bridgehead atoms. The zero-order valence-electron chi connectivity index (χ0n) is 22.0. The normalized spacial score (nSPS) is 12.5. The second-order valence-electron chi connectivity index (χ2n) is 8.93. The summed E-state index contributed by atoms with van der Waals surface area (Å²) in [7, 11) is -4.12. The summed E-state index contributed by atoms with van der Waals surface area (Å²) >= 11 is 0. The third kappa shape index (κ3) is 5.67. The molecule has 1 unspecified atom stereocenters. The van der Waals surface area contributed by atoms with Crippen LogP contribution in [0, 0.1) is 26.6 Å². The standard InChI is InChI=1S/C28H33FN2O5S/c1-7-30-20(5)25(19(4)26(30)28(33)36-8-2)27(32)21(6)31(17-22-11-13-23(29)14-12-22)37(34,35)24-15-9-18(3)10-16-24/h9-16,21H,7-8,17H2,1-6H3. The van der Waals surface area contributed by atoms with Gasteiger partial charge in [-0.05, 0) is 76.9 Å². The van der Waals surface area contributed by atoms with Crippen molar-refractivity contribution < 1.29 is 27.1 Å². The summed E-state index contributed by atoms with van der Waals surface area (Å²) in [4.78, 5) is 26.7. The van der Waals surface area contributed by atoms with Crippen molar-refractivity contribution >= 4 is 21.8 Å². The number of esters is 1. The van der Waals surface area contributed by atoms with Crippen LogP contribution in [-0.4, -0.2) is 41.7 Å². The number of ether oxygens (including phenoxy) is 1. The molecule has 198 valence electrons. The largest absolute Gasteiger partial charge is 0.461 e. The maximum Gasteiger partial charge on any atom is 0.355 e. The van der Waals surface area contributed by atoms with E-state index in [9.17, 15) is 22.4 Å². The van der Waals surface area contributed by atoms with Gasteiger partial charge in [-0.15, -0.1) is 0 Å². The van der Waals surface area contributed by atoms with Gasteiger partial charge in [0.1, 0.15) is 11.5 Å². The number of carbonyl (C=O) groups excluding carboxylic acids is 2. The van der Waals surface area contributed by atoms with E-state index in [1.165, 1.54) is 43.3 Å². The number of rotatable bonds is 10. The maximum atomic E-state index is 13.9. The fourth-order valence-corrected chi connectivity index (χ4v) is 6.08. The van der Waals surface area contributed by atoms with E-state index in [0.717, 1.165) is 9.87 Å². The Hall–Kier alpha value is -3.30. The number of sulfonamides is 1. The number of hydrogen-bond acceptors (Lipinski definition) is 5. The Morgan fingerprint density at radius 3 is 2.14 bits per heavy atom. The lowest BCUT2D eigenvalue weighted by Crippen LogP contribution is -2.43. The number of Topliss-reactive ketones (excluding diaryl/α,β-unsaturated/α-hetero) is 1. The molecular weight excluding hydrogens is 495 g/mol. The smallest absolute Gasteiger partial charge is 0.355 e. The van der Waals surface area contributed by atoms with E-state index in [-0.39, 0.29) is 23.7 Å². The highest BCUT2D eigenvalue weighted by Gasteiger charge is 2.36. The van der Waals surface area contributed by atoms with Crippen LogP contribution >= 0.6 is 0 Å². The molecule has 0 amide bonds. The maximum absolute atomic E-state index is 13.9. The third-order valence-corrected chi connectivity index (χ3v) is 8.42. The SMILES string of the molecule is CCOC(=O)c1c(C)c(C(=O)C(C)N(Cc2ccc(F)cc2)S(=O)(=O)c2ccc(C)cc2)c(C)n1CC. The highest BCUT2D eigenvalue weighted by Crippen LogP contribution is 2.29. The number of aryl methyl sites for hydroxylation is 1. The zero-order valence-corrected chi connectivity index (χ0v) is 22.9. The molecule has 37 heavy (non-hydrogen) atoms. The van der Waals surface area contributed by atoms with Crippen LogP contribution in [-0.2, 0) is 27.8 Å². The van der Waals surface area contributed by atoms with Crippen LogP contribution in [0.25, 0.3) is 0 Å². The Morgan fingerprint density at radius 2 is 1.59 bits per heavy atom. The van der Waals surface area contributed by atoms with Crippen molar-refractivity contribution in [2.24, 2.45) is 0 Å². The molecule has 0 spiro atoms. The van der Waals surface area contributed by atoms with Gasteiger partial charge in [0.05, 0.1) is 17.5 Å². The van der Waals surface area contributed by atoms with Gasteiger partial charge in [-0.3, -0.25) is 4.79 Å². The van der Waals surface area contributed by atoms with Gasteiger partial charge in [0.2, 0.25) is 10.0 Å². The first-order valence-electron chi connectivity index (χ1n) is 12.2. The Kier molecular flexibility index (Phi) is 8.71. The van der Waals surface area contributed by atoms with Crippen LogP contribution in [0.1, 0.15) is 64.0 Å². The molecule has 9 heteroatoms. The second-order valence-corrected chi connectivity index (χ2v) is 10.8. The first-order chi connectivity index (χ1) is 17.4. The number of halogens is 1. The summed E-state index contributed by atoms with van der Waals surface area (Å²) in [5.41, 5.74) is 3.01. The average Bonchev–Trinajstić information content (AvgIpc) is 3.12. The zero-order chi connectivity index (χ0) is 27.5. The van der Waals surface area contributed by atoms with E-state index in [1.54, 1.807) is 37.5 Å². The van der Waals surface area contributed by atoms with E-state index >= 15 is 0 Å². The van der Waals surface area contributed by atoms with Gasteiger partial charge < -0.3 is 9.30 Å². The van der Waals surface area contributed by atoms with Crippen molar-refractivity contribution in [2.75, 3.05) is 6.61 Å². The van der Waals surface area contributed by atoms with Crippen molar-refractivity contribution in [2.45, 2.75) is 65.6 Å². The lowest BCUT2D eigenvalue weighted by molar-refractivity contribution is 0.0512. The summed E-state index contributed by atoms with van der Waals surface area (Å²) in [6, 6.07) is 10.8. The molecule has 0 N–H and O–H groups in total. The third-order valence-electron chi connectivity index (χ3n) is 6.49. The summed E-state index contributed by atoms with van der Waals surface area (Å²) in [5, 5.41) is 0. The monoisotopic (exact) mass is 528 g/mol. The number of nitrogens with zero attached hydrogens (tertiary/aromatic N) is 2. The van der Waals surface area contributed by atoms with Crippen LogP contribution < -0.4 is 0 Å². The quantitative estimate of drug-likeness (QED) is 0.266. The van der Waals surface area contributed by atoms with E-state index in [4.69, 9.17) is 4.74 Å². The average molecular weight is 529 g/mol. The number of hydrogen-bond donors (Lipinski definition) is 0. The minimum Gasteiger partial charge on any atom is -0.461 e. The highest BCUT2D eigenvalue weighted by molar-refractivity contribution is 7.89. The van der Waals surface area contributed by atoms with Gasteiger partial charge in [-0.25, -0.2) is 17.6 Å². The molecule has 0 aliphatic heterocycles. The topological polar surface area (TPSA) is 85.7 Å². The molecule has 1 aromatic heterocycles. The molecule has 7 nitrogen and oxygen atoms in total. The lowest BCUT2D eigenvalue weighted by atomic mass is 10.0. The van der Waals surface area contributed by atoms with E-state index < -0.39 is 33.6 Å². The van der Waals surface area contributed by atoms with E-state index in [0.29, 0.717) is 28.9 Å². The molecule has 0 saturated heterocycles. The Balaban J connectivity index is 2.12. The van der Waals surface area contributed by atoms with Crippen LogP contribution in [0.4, 0.5) is 4.39 Å². The van der Waals surface area contributed by atoms with E-state index in [2.05, 4.69) is 0 Å². The summed E-state index contributed by atoms with van der Waals surface area (Å²) in [6.45, 7) is 10.8. The number of aromatic nitrogens is 1. The first kappa shape index (κ1) is 28.3. The van der Waals surface area contributed by atoms with Crippen molar-refractivity contribution in [3.63, 3.8) is 0 Å². The predicted octanol–water partition coefficient (Wildman–Crippen LogP) is 5.21. The van der Waals surface area contributed by atoms with Crippen molar-refractivity contribution in [3.05, 3.63) is 88.0 Å². The van der Waals surface area contributed by atoms with Crippen LogP contribution in [0.3, 0.4) is 0 Å². The van der Waals surface area contributed by atoms with Gasteiger partial charge in [0.25, 0.3) is 0 Å². The number of carbonyl (C=O) groups is 2. The molecule has 0 aliphatic rings. The molecule has 1 heterocycles. The molecule has 0 radical (unpaired) electrons. The van der Waals surface area contributed by atoms with Gasteiger partial charge in [-0.1, -0.05) is 29.8 Å². The minimum absolute atomic E-state index is 0.0478. The van der Waals surface area contributed by atoms with Crippen LogP contribution in [0.15, 0.2) is 53.4 Å². The Morgan fingerprint density at radius 1 is 1.00 bits per heavy atom. The molecule has 0 saturated carbocycles. The lowest BCUT2D eigenvalue weighted by Gasteiger charge is -2.28. The predicted molar refractivity (Wildman–Crippen MR) is 140 cm³/mol. The Labute approximate surface area is 217 Å². The second kappa shape index (κ2) is 11.4. The molecule has 0 fully saturated rings. The summed E-state index contributed by atoms with van der Waals surface area (Å²) < 4.78 is 49.2. The molecule has 2 aromatic carbocycles. The van der Waals surface area contributed by atoms with Crippen LogP contribution in [0.2, 0.25) is 0 Å². The molecular formula is C28H33FN2O5S. The minimum atomic E-state index is -4.12. The van der Waals surface area contributed by atoms with Gasteiger partial charge >= 0.3 is 5.97 Å².